The molecule has 0 saturated carbocycles. The van der Waals surface area contributed by atoms with Crippen LogP contribution in [0.3, 0.4) is 0 Å². The van der Waals surface area contributed by atoms with Crippen LogP contribution in [0.25, 0.3) is 0 Å². The predicted octanol–water partition coefficient (Wildman–Crippen LogP) is -0.0890. The van der Waals surface area contributed by atoms with Crippen molar-refractivity contribution >= 4 is 5.97 Å². The van der Waals surface area contributed by atoms with E-state index in [9.17, 15) is 4.79 Å². The molecule has 0 atom stereocenters. The summed E-state index contributed by atoms with van der Waals surface area (Å²) in [4.78, 5) is 16.3. The van der Waals surface area contributed by atoms with E-state index in [2.05, 4.69) is 10.1 Å². The molecule has 0 aliphatic rings. The van der Waals surface area contributed by atoms with Crippen molar-refractivity contribution in [3.05, 3.63) is 11.7 Å². The number of methoxy groups -OCH3 is 1. The van der Waals surface area contributed by atoms with Gasteiger partial charge in [0, 0.05) is 13.7 Å². The van der Waals surface area contributed by atoms with E-state index in [4.69, 9.17) is 14.4 Å². The molecule has 90 valence electrons. The molecule has 1 N–H and O–H groups in total. The van der Waals surface area contributed by atoms with Gasteiger partial charge in [0.15, 0.2) is 5.82 Å². The molecule has 0 radical (unpaired) electrons. The van der Waals surface area contributed by atoms with Crippen molar-refractivity contribution in [3.8, 4) is 0 Å². The topological polar surface area (TPSA) is 88.7 Å². The summed E-state index contributed by atoms with van der Waals surface area (Å²) in [6.45, 7) is 2.91. The van der Waals surface area contributed by atoms with Crippen molar-refractivity contribution in [3.63, 3.8) is 0 Å². The van der Waals surface area contributed by atoms with E-state index in [-0.39, 0.29) is 6.54 Å². The van der Waals surface area contributed by atoms with E-state index in [1.54, 1.807) is 18.9 Å². The Balaban J connectivity index is 2.51. The first kappa shape index (κ1) is 12.6. The lowest BCUT2D eigenvalue weighted by molar-refractivity contribution is -0.138. The number of rotatable bonds is 7. The Kier molecular flexibility index (Phi) is 4.87. The summed E-state index contributed by atoms with van der Waals surface area (Å²) in [5.41, 5.74) is 0. The van der Waals surface area contributed by atoms with Crippen molar-refractivity contribution < 1.29 is 19.2 Å². The zero-order valence-corrected chi connectivity index (χ0v) is 9.34. The second kappa shape index (κ2) is 6.19. The largest absolute Gasteiger partial charge is 0.480 e. The standard InChI is InChI=1S/C9H15N3O4/c1-7-10-8(16-11-7)5-12(3-4-15-2)6-9(13)14/h3-6H2,1-2H3,(H,13,14). The monoisotopic (exact) mass is 229 g/mol. The zero-order valence-electron chi connectivity index (χ0n) is 9.34. The fourth-order valence-corrected chi connectivity index (χ4v) is 1.22. The molecule has 0 aliphatic heterocycles. The number of carboxylic acid groups (broad SMARTS) is 1. The fourth-order valence-electron chi connectivity index (χ4n) is 1.22. The van der Waals surface area contributed by atoms with Gasteiger partial charge in [-0.15, -0.1) is 0 Å². The van der Waals surface area contributed by atoms with Crippen LogP contribution in [0.15, 0.2) is 4.52 Å². The van der Waals surface area contributed by atoms with E-state index in [0.717, 1.165) is 0 Å². The maximum atomic E-state index is 10.6. The Labute approximate surface area is 93.0 Å². The van der Waals surface area contributed by atoms with Gasteiger partial charge in [-0.05, 0) is 6.92 Å². The third kappa shape index (κ3) is 4.37. The zero-order chi connectivity index (χ0) is 12.0. The maximum absolute atomic E-state index is 10.6. The van der Waals surface area contributed by atoms with E-state index >= 15 is 0 Å². The molecule has 7 nitrogen and oxygen atoms in total. The second-order valence-electron chi connectivity index (χ2n) is 3.33. The minimum absolute atomic E-state index is 0.0786. The molecule has 1 heterocycles. The van der Waals surface area contributed by atoms with Gasteiger partial charge < -0.3 is 14.4 Å². The molecule has 7 heteroatoms. The summed E-state index contributed by atoms with van der Waals surface area (Å²) in [6.07, 6.45) is 0. The van der Waals surface area contributed by atoms with Gasteiger partial charge in [-0.25, -0.2) is 0 Å². The van der Waals surface area contributed by atoms with Gasteiger partial charge in [-0.2, -0.15) is 4.98 Å². The predicted molar refractivity (Wildman–Crippen MR) is 53.8 cm³/mol. The number of aryl methyl sites for hydroxylation is 1. The number of ether oxygens (including phenoxy) is 1. The Morgan fingerprint density at radius 2 is 2.38 bits per heavy atom. The number of carbonyl (C=O) groups is 1. The minimum atomic E-state index is -0.896. The van der Waals surface area contributed by atoms with Crippen molar-refractivity contribution in [2.75, 3.05) is 26.8 Å². The van der Waals surface area contributed by atoms with Crippen molar-refractivity contribution in [1.82, 2.24) is 15.0 Å². The van der Waals surface area contributed by atoms with Gasteiger partial charge >= 0.3 is 5.97 Å². The fraction of sp³-hybridized carbons (Fsp3) is 0.667. The quantitative estimate of drug-likeness (QED) is 0.698. The molecule has 0 spiro atoms. The molecular formula is C9H15N3O4. The third-order valence-electron chi connectivity index (χ3n) is 1.90. The van der Waals surface area contributed by atoms with Crippen LogP contribution in [0.1, 0.15) is 11.7 Å². The molecule has 0 saturated heterocycles. The first-order valence-corrected chi connectivity index (χ1v) is 4.84. The summed E-state index contributed by atoms with van der Waals surface area (Å²) >= 11 is 0. The average molecular weight is 229 g/mol. The third-order valence-corrected chi connectivity index (χ3v) is 1.90. The van der Waals surface area contributed by atoms with Crippen LogP contribution in [0.4, 0.5) is 0 Å². The summed E-state index contributed by atoms with van der Waals surface area (Å²) in [5.74, 6) is 0.0548. The highest BCUT2D eigenvalue weighted by Gasteiger charge is 2.13. The van der Waals surface area contributed by atoms with Gasteiger partial charge in [0.25, 0.3) is 0 Å². The molecule has 1 rings (SSSR count). The van der Waals surface area contributed by atoms with Crippen LogP contribution in [0.2, 0.25) is 0 Å². The summed E-state index contributed by atoms with van der Waals surface area (Å²) in [6, 6.07) is 0. The van der Waals surface area contributed by atoms with Crippen LogP contribution >= 0.6 is 0 Å². The highest BCUT2D eigenvalue weighted by molar-refractivity contribution is 5.69. The van der Waals surface area contributed by atoms with Crippen LogP contribution in [0.5, 0.6) is 0 Å². The van der Waals surface area contributed by atoms with Gasteiger partial charge in [0.2, 0.25) is 5.89 Å². The first-order valence-electron chi connectivity index (χ1n) is 4.84. The maximum Gasteiger partial charge on any atom is 0.317 e. The van der Waals surface area contributed by atoms with Crippen LogP contribution in [0, 0.1) is 6.92 Å². The SMILES string of the molecule is COCCN(CC(=O)O)Cc1nc(C)no1. The van der Waals surface area contributed by atoms with Gasteiger partial charge in [0.1, 0.15) is 0 Å². The van der Waals surface area contributed by atoms with E-state index in [0.29, 0.717) is 31.4 Å². The summed E-state index contributed by atoms with van der Waals surface area (Å²) in [5, 5.41) is 12.4. The molecule has 1 aromatic heterocycles. The highest BCUT2D eigenvalue weighted by Crippen LogP contribution is 2.01. The molecule has 0 bridgehead atoms. The van der Waals surface area contributed by atoms with Gasteiger partial charge in [-0.1, -0.05) is 5.16 Å². The number of carboxylic acids is 1. The van der Waals surface area contributed by atoms with Gasteiger partial charge in [0.05, 0.1) is 19.7 Å². The highest BCUT2D eigenvalue weighted by atomic mass is 16.5. The van der Waals surface area contributed by atoms with Crippen molar-refractivity contribution in [1.29, 1.82) is 0 Å². The Morgan fingerprint density at radius 3 is 2.88 bits per heavy atom. The number of aromatic nitrogens is 2. The van der Waals surface area contributed by atoms with Gasteiger partial charge in [-0.3, -0.25) is 9.69 Å². The molecule has 0 aromatic carbocycles. The Hall–Kier alpha value is -1.47. The molecule has 1 aromatic rings. The first-order chi connectivity index (χ1) is 7.61. The lowest BCUT2D eigenvalue weighted by Crippen LogP contribution is -2.32. The van der Waals surface area contributed by atoms with E-state index in [1.807, 2.05) is 0 Å². The van der Waals surface area contributed by atoms with Crippen LogP contribution in [-0.2, 0) is 16.1 Å². The van der Waals surface area contributed by atoms with E-state index < -0.39 is 5.97 Å². The Bertz CT molecular complexity index is 339. The Morgan fingerprint density at radius 1 is 1.62 bits per heavy atom. The molecule has 0 unspecified atom stereocenters. The second-order valence-corrected chi connectivity index (χ2v) is 3.33. The molecule has 0 fully saturated rings. The summed E-state index contributed by atoms with van der Waals surface area (Å²) < 4.78 is 9.82. The van der Waals surface area contributed by atoms with E-state index in [1.165, 1.54) is 0 Å². The molecular weight excluding hydrogens is 214 g/mol. The molecule has 0 amide bonds. The number of nitrogens with zero attached hydrogens (tertiary/aromatic N) is 3. The minimum Gasteiger partial charge on any atom is -0.480 e. The van der Waals surface area contributed by atoms with Crippen LogP contribution in [-0.4, -0.2) is 52.9 Å². The molecule has 0 aliphatic carbocycles. The van der Waals surface area contributed by atoms with Crippen LogP contribution < -0.4 is 0 Å². The number of hydrogen-bond donors (Lipinski definition) is 1. The van der Waals surface area contributed by atoms with Crippen molar-refractivity contribution in [2.24, 2.45) is 0 Å². The number of aliphatic carboxylic acids is 1. The lowest BCUT2D eigenvalue weighted by Gasteiger charge is -2.17. The van der Waals surface area contributed by atoms with Crippen molar-refractivity contribution in [2.45, 2.75) is 13.5 Å². The lowest BCUT2D eigenvalue weighted by atomic mass is 10.4. The smallest absolute Gasteiger partial charge is 0.317 e. The summed E-state index contributed by atoms with van der Waals surface area (Å²) in [7, 11) is 1.57. The number of hydrogen-bond acceptors (Lipinski definition) is 6. The molecule has 16 heavy (non-hydrogen) atoms. The normalized spacial score (nSPS) is 10.9. The average Bonchev–Trinajstić information content (AvgIpc) is 2.59.